The fraction of sp³-hybridized carbons (Fsp3) is 0.459. The van der Waals surface area contributed by atoms with E-state index in [4.69, 9.17) is 9.47 Å². The van der Waals surface area contributed by atoms with Crippen LogP contribution in [0.1, 0.15) is 150 Å². The van der Waals surface area contributed by atoms with E-state index in [0.29, 0.717) is 77.2 Å². The minimum atomic E-state index is -1.51. The highest BCUT2D eigenvalue weighted by Crippen LogP contribution is 2.36. The molecular formula is C85H101N15O14. The van der Waals surface area contributed by atoms with E-state index in [0.717, 1.165) is 60.1 Å². The molecule has 16 rings (SSSR count). The Bertz CT molecular complexity index is 4480. The lowest BCUT2D eigenvalue weighted by molar-refractivity contribution is -0.144. The average molecular weight is 1560 g/mol. The van der Waals surface area contributed by atoms with Crippen LogP contribution in [-0.4, -0.2) is 184 Å². The van der Waals surface area contributed by atoms with E-state index in [-0.39, 0.29) is 82.6 Å². The molecule has 29 nitrogen and oxygen atoms in total. The number of fused-ring (bicyclic) bond motifs is 2. The van der Waals surface area contributed by atoms with Crippen LogP contribution in [0.2, 0.25) is 0 Å². The maximum atomic E-state index is 15.5. The number of carboxylic acids is 2. The predicted octanol–water partition coefficient (Wildman–Crippen LogP) is 6.79. The minimum absolute atomic E-state index is 0.000329. The third kappa shape index (κ3) is 19.3. The second-order valence-electron chi connectivity index (χ2n) is 31.1. The molecule has 6 aromatic carbocycles. The van der Waals surface area contributed by atoms with Crippen LogP contribution < -0.4 is 46.7 Å². The number of ether oxygens (including phenoxy) is 2. The Kier molecular flexibility index (Phi) is 26.0. The van der Waals surface area contributed by atoms with E-state index in [1.54, 1.807) is 91.2 Å². The molecule has 2 aliphatic carbocycles. The molecule has 9 N–H and O–H groups in total. The first kappa shape index (κ1) is 80.4. The van der Waals surface area contributed by atoms with Gasteiger partial charge in [0.2, 0.25) is 47.3 Å². The van der Waals surface area contributed by atoms with E-state index in [2.05, 4.69) is 57.8 Å². The normalized spacial score (nSPS) is 22.9. The minimum Gasteiger partial charge on any atom is -0.487 e. The van der Waals surface area contributed by atoms with Crippen LogP contribution in [0.4, 0.5) is 0 Å². The van der Waals surface area contributed by atoms with Gasteiger partial charge in [-0.2, -0.15) is 0 Å². The Morgan fingerprint density at radius 3 is 1.32 bits per heavy atom. The van der Waals surface area contributed by atoms with E-state index < -0.39 is 126 Å². The molecule has 2 saturated heterocycles. The number of aliphatic carboxylic acids is 2. The van der Waals surface area contributed by atoms with Crippen molar-refractivity contribution >= 4 is 80.7 Å². The van der Waals surface area contributed by atoms with Gasteiger partial charge < -0.3 is 66.7 Å². The molecule has 8 amide bonds. The van der Waals surface area contributed by atoms with Crippen LogP contribution in [0.25, 0.3) is 21.5 Å². The number of likely N-dealkylation sites (tertiary alicyclic amines) is 2. The van der Waals surface area contributed by atoms with Crippen molar-refractivity contribution in [1.29, 1.82) is 0 Å². The van der Waals surface area contributed by atoms with Crippen LogP contribution >= 0.6 is 0 Å². The average Bonchev–Trinajstić information content (AvgIpc) is 1.61. The number of carbonyl (C=O) groups excluding carboxylic acids is 8. The summed E-state index contributed by atoms with van der Waals surface area (Å²) in [5.41, 5.74) is 3.12. The number of rotatable bonds is 16. The van der Waals surface area contributed by atoms with Crippen LogP contribution in [0.15, 0.2) is 146 Å². The van der Waals surface area contributed by atoms with Gasteiger partial charge in [-0.25, -0.2) is 19.0 Å². The van der Waals surface area contributed by atoms with Gasteiger partial charge in [-0.15, -0.1) is 10.2 Å². The lowest BCUT2D eigenvalue weighted by atomic mass is 9.83. The molecule has 2 saturated carbocycles. The molecule has 8 aromatic rings. The highest BCUT2D eigenvalue weighted by atomic mass is 16.5. The monoisotopic (exact) mass is 1560 g/mol. The molecule has 12 atom stereocenters. The van der Waals surface area contributed by atoms with Gasteiger partial charge in [-0.05, 0) is 126 Å². The van der Waals surface area contributed by atoms with Gasteiger partial charge in [-0.1, -0.05) is 172 Å². The number of amides is 8. The zero-order valence-corrected chi connectivity index (χ0v) is 64.7. The Hall–Kier alpha value is -11.6. The first-order valence-corrected chi connectivity index (χ1v) is 39.9. The maximum absolute atomic E-state index is 15.5. The summed E-state index contributed by atoms with van der Waals surface area (Å²) >= 11 is 0. The number of benzene rings is 6. The molecule has 29 heteroatoms. The summed E-state index contributed by atoms with van der Waals surface area (Å²) < 4.78 is 15.6. The topological polar surface area (TPSA) is 382 Å². The summed E-state index contributed by atoms with van der Waals surface area (Å²) in [5.74, 6) is -7.46. The van der Waals surface area contributed by atoms with Gasteiger partial charge in [-0.3, -0.25) is 38.4 Å². The van der Waals surface area contributed by atoms with Gasteiger partial charge in [0.15, 0.2) is 0 Å². The number of carboxylic acid groups (broad SMARTS) is 2. The van der Waals surface area contributed by atoms with Crippen LogP contribution in [-0.2, 0) is 86.8 Å². The first-order chi connectivity index (χ1) is 55.1. The lowest BCUT2D eigenvalue weighted by Crippen LogP contribution is -2.60. The molecule has 8 heterocycles. The van der Waals surface area contributed by atoms with Gasteiger partial charge in [0.25, 0.3) is 0 Å². The first-order valence-electron chi connectivity index (χ1n) is 39.9. The van der Waals surface area contributed by atoms with E-state index in [9.17, 15) is 29.4 Å². The number of likely N-dealkylation sites (N-methyl/N-ethyl adjacent to an activating group) is 1. The van der Waals surface area contributed by atoms with E-state index >= 15 is 28.8 Å². The standard InChI is InChI=1S/C85H101N15O14/c1-5-50(2)76(101)91-74(56-20-8-6-9-21-56)82(107)97-46-62-42-72(97)80(105)87-68(40-58-26-16-24-54-18-12-14-28-66(54)58)78(103)89-70(84(109)110)38-52-32-36-65(37-33-52)114-49-61-45-100(96-94-61)63-43-73(98(47-63)83(108)75(57-22-10-7-11-23-57)92-77(102)51(3)86-4)81(106)88-69(41-59-27-17-25-55-19-13-15-29-67(55)59)79(104)90-71(85(111)112)39-53-30-34-64(35-31-53)113-48-60-44-99(62)95-93-60/h12-19,24-37,44-45,50-51,56-57,62-63,68-75,86H,5-11,20-23,38-43,46-49H2,1-4H3,(H,87,105)(H,88,106)(H,89,103)(H,90,104)(H,91,101)(H,92,102)(H,109,110)(H,111,112)/t50-,51+,62+,63+,68+,69+,70+,71+,72+,73+,74+,75+/m1/s1. The fourth-order valence-corrected chi connectivity index (χ4v) is 16.6. The van der Waals surface area contributed by atoms with Gasteiger partial charge in [0.1, 0.15) is 84.4 Å². The molecular weight excluding hydrogens is 1460 g/mol. The Morgan fingerprint density at radius 1 is 0.509 bits per heavy atom. The smallest absolute Gasteiger partial charge is 0.326 e. The van der Waals surface area contributed by atoms with Crippen molar-refractivity contribution in [3.63, 3.8) is 0 Å². The molecule has 0 radical (unpaired) electrons. The summed E-state index contributed by atoms with van der Waals surface area (Å²) in [6.07, 6.45) is 11.2. The van der Waals surface area contributed by atoms with Gasteiger partial charge >= 0.3 is 11.9 Å². The number of carbonyl (C=O) groups is 10. The molecule has 2 aromatic heterocycles. The Balaban J connectivity index is 0.825. The molecule has 0 spiro atoms. The number of nitrogens with zero attached hydrogens (tertiary/aromatic N) is 8. The Morgan fingerprint density at radius 2 is 0.912 bits per heavy atom. The summed E-state index contributed by atoms with van der Waals surface area (Å²) in [5, 5.41) is 63.4. The van der Waals surface area contributed by atoms with Crippen molar-refractivity contribution in [1.82, 2.24) is 77.0 Å². The van der Waals surface area contributed by atoms with E-state index in [1.165, 1.54) is 9.80 Å². The summed E-state index contributed by atoms with van der Waals surface area (Å²) in [6, 6.07) is 27.3. The Labute approximate surface area is 660 Å². The largest absolute Gasteiger partial charge is 0.487 e. The number of nitrogens with one attached hydrogen (secondary N) is 7. The highest BCUT2D eigenvalue weighted by Gasteiger charge is 2.49. The van der Waals surface area contributed by atoms with Crippen molar-refractivity contribution in [3.05, 3.63) is 179 Å². The maximum Gasteiger partial charge on any atom is 0.326 e. The van der Waals surface area contributed by atoms with E-state index in [1.807, 2.05) is 91.9 Å². The lowest BCUT2D eigenvalue weighted by Gasteiger charge is -2.35. The third-order valence-corrected chi connectivity index (χ3v) is 23.5. The second-order valence-corrected chi connectivity index (χ2v) is 31.1. The third-order valence-electron chi connectivity index (χ3n) is 23.5. The van der Waals surface area contributed by atoms with Crippen molar-refractivity contribution < 1.29 is 67.6 Å². The molecule has 0 unspecified atom stereocenters. The SMILES string of the molecule is CC[C@@H](C)C(=O)N[C@H](C(=O)N1C[C@@H]2C[C@H]1C(=O)N[C@@H](Cc1cccc3ccccc13)C(=O)N[C@H](C(=O)O)Cc1ccc(cc1)OCc1cn(nn1)[C@H]1C[C@@H](C(=O)N[C@@H](Cc3cccc4ccccc34)C(=O)N[C@H](C(=O)O)Cc3ccc(cc3)OCc3cn2nn3)N(C(=O)[C@@H](NC(=O)[C@H](C)NC)C2CCCCC2)C1)C1CCCCC1. The molecule has 12 bridgehead atoms. The number of hydrogen-bond donors (Lipinski definition) is 9. The van der Waals surface area contributed by atoms with Crippen molar-refractivity contribution in [2.45, 2.75) is 210 Å². The molecule has 8 aliphatic rings. The second kappa shape index (κ2) is 36.9. The number of hydrogen-bond acceptors (Lipinski definition) is 17. The zero-order valence-electron chi connectivity index (χ0n) is 64.7. The molecule has 6 aliphatic heterocycles. The predicted molar refractivity (Wildman–Crippen MR) is 421 cm³/mol. The molecule has 600 valence electrons. The number of aromatic nitrogens is 6. The zero-order chi connectivity index (χ0) is 80.1. The van der Waals surface area contributed by atoms with Crippen molar-refractivity contribution in [3.8, 4) is 11.5 Å². The van der Waals surface area contributed by atoms with Crippen molar-refractivity contribution in [2.75, 3.05) is 20.1 Å². The van der Waals surface area contributed by atoms with Crippen LogP contribution in [0.3, 0.4) is 0 Å². The summed E-state index contributed by atoms with van der Waals surface area (Å²) in [7, 11) is 1.64. The summed E-state index contributed by atoms with van der Waals surface area (Å²) in [4.78, 5) is 149. The molecule has 4 fully saturated rings. The molecule has 114 heavy (non-hydrogen) atoms. The van der Waals surface area contributed by atoms with Crippen LogP contribution in [0.5, 0.6) is 11.5 Å². The van der Waals surface area contributed by atoms with Crippen LogP contribution in [0, 0.1) is 17.8 Å². The fourth-order valence-electron chi connectivity index (χ4n) is 16.6. The summed E-state index contributed by atoms with van der Waals surface area (Å²) in [6.45, 7) is 5.06. The highest BCUT2D eigenvalue weighted by molar-refractivity contribution is 5.99. The van der Waals surface area contributed by atoms with Crippen molar-refractivity contribution in [2.24, 2.45) is 17.8 Å². The quantitative estimate of drug-likeness (QED) is 0.0480. The van der Waals surface area contributed by atoms with Gasteiger partial charge in [0, 0.05) is 57.5 Å². The van der Waals surface area contributed by atoms with Gasteiger partial charge in [0.05, 0.1) is 30.5 Å².